The first-order valence-electron chi connectivity index (χ1n) is 7.16. The highest BCUT2D eigenvalue weighted by atomic mass is 32.2. The third kappa shape index (κ3) is 2.39. The van der Waals surface area contributed by atoms with Gasteiger partial charge in [-0.2, -0.15) is 0 Å². The molecule has 1 saturated heterocycles. The lowest BCUT2D eigenvalue weighted by Gasteiger charge is -2.37. The van der Waals surface area contributed by atoms with Crippen LogP contribution >= 0.6 is 0 Å². The molecular weight excluding hydrogens is 302 g/mol. The van der Waals surface area contributed by atoms with E-state index in [9.17, 15) is 13.8 Å². The Morgan fingerprint density at radius 2 is 2.09 bits per heavy atom. The van der Waals surface area contributed by atoms with Crippen molar-refractivity contribution in [3.05, 3.63) is 34.2 Å². The standard InChI is InChI=1S/C15H19N3O3S/c1-15(2)9-18(6-7-22(15)21)13(19)10-4-5-12-11(8-10)16-14(20)17(12)3/h4-5,8H,6-7,9H2,1-3H3,(H,16,20)/t22-/m0/s1. The summed E-state index contributed by atoms with van der Waals surface area (Å²) < 4.78 is 13.1. The lowest BCUT2D eigenvalue weighted by Crippen LogP contribution is -2.52. The molecule has 2 aromatic rings. The van der Waals surface area contributed by atoms with Gasteiger partial charge in [-0.25, -0.2) is 4.79 Å². The number of amides is 1. The zero-order valence-corrected chi connectivity index (χ0v) is 13.7. The number of rotatable bonds is 1. The third-order valence-electron chi connectivity index (χ3n) is 4.17. The van der Waals surface area contributed by atoms with Crippen molar-refractivity contribution in [3.63, 3.8) is 0 Å². The highest BCUT2D eigenvalue weighted by molar-refractivity contribution is 7.86. The summed E-state index contributed by atoms with van der Waals surface area (Å²) in [6, 6.07) is 5.21. The van der Waals surface area contributed by atoms with Gasteiger partial charge in [0.15, 0.2) is 0 Å². The normalized spacial score (nSPS) is 21.2. The maximum absolute atomic E-state index is 12.7. The van der Waals surface area contributed by atoms with Crippen molar-refractivity contribution in [1.82, 2.24) is 14.5 Å². The van der Waals surface area contributed by atoms with Gasteiger partial charge in [-0.1, -0.05) is 0 Å². The Balaban J connectivity index is 1.92. The zero-order valence-electron chi connectivity index (χ0n) is 12.9. The molecule has 1 amide bonds. The quantitative estimate of drug-likeness (QED) is 0.846. The monoisotopic (exact) mass is 321 g/mol. The Morgan fingerprint density at radius 1 is 1.36 bits per heavy atom. The number of aryl methyl sites for hydroxylation is 1. The number of aromatic nitrogens is 2. The Bertz CT molecular complexity index is 834. The number of carbonyl (C=O) groups excluding carboxylic acids is 1. The van der Waals surface area contributed by atoms with Crippen LogP contribution in [0.2, 0.25) is 0 Å². The summed E-state index contributed by atoms with van der Waals surface area (Å²) in [6.07, 6.45) is 0. The highest BCUT2D eigenvalue weighted by Crippen LogP contribution is 2.22. The number of hydrogen-bond donors (Lipinski definition) is 1. The summed E-state index contributed by atoms with van der Waals surface area (Å²) >= 11 is 0. The molecule has 1 aromatic heterocycles. The number of fused-ring (bicyclic) bond motifs is 1. The molecule has 22 heavy (non-hydrogen) atoms. The summed E-state index contributed by atoms with van der Waals surface area (Å²) in [5, 5.41) is 0. The van der Waals surface area contributed by atoms with Gasteiger partial charge in [0.05, 0.1) is 15.8 Å². The number of hydrogen-bond acceptors (Lipinski definition) is 3. The van der Waals surface area contributed by atoms with Gasteiger partial charge in [-0.05, 0) is 32.0 Å². The van der Waals surface area contributed by atoms with E-state index in [1.807, 2.05) is 13.8 Å². The fourth-order valence-electron chi connectivity index (χ4n) is 2.81. The van der Waals surface area contributed by atoms with E-state index in [4.69, 9.17) is 0 Å². The maximum Gasteiger partial charge on any atom is 0.326 e. The number of carbonyl (C=O) groups is 1. The molecule has 0 radical (unpaired) electrons. The minimum atomic E-state index is -0.911. The maximum atomic E-state index is 12.7. The van der Waals surface area contributed by atoms with Crippen LogP contribution in [0.5, 0.6) is 0 Å². The first-order chi connectivity index (χ1) is 10.3. The molecule has 0 saturated carbocycles. The van der Waals surface area contributed by atoms with Gasteiger partial charge in [-0.3, -0.25) is 13.6 Å². The Kier molecular flexibility index (Phi) is 3.47. The Hall–Kier alpha value is -1.89. The van der Waals surface area contributed by atoms with Crippen LogP contribution in [0.25, 0.3) is 11.0 Å². The van der Waals surface area contributed by atoms with Crippen LogP contribution in [-0.2, 0) is 17.8 Å². The van der Waals surface area contributed by atoms with E-state index in [1.165, 1.54) is 4.57 Å². The second kappa shape index (κ2) is 5.08. The van der Waals surface area contributed by atoms with Crippen molar-refractivity contribution in [1.29, 1.82) is 0 Å². The predicted molar refractivity (Wildman–Crippen MR) is 86.5 cm³/mol. The smallest absolute Gasteiger partial charge is 0.326 e. The fourth-order valence-corrected chi connectivity index (χ4v) is 4.04. The molecule has 1 atom stereocenters. The molecule has 0 unspecified atom stereocenters. The molecule has 1 aliphatic heterocycles. The van der Waals surface area contributed by atoms with E-state index in [2.05, 4.69) is 4.98 Å². The van der Waals surface area contributed by atoms with Gasteiger partial charge in [0.25, 0.3) is 5.91 Å². The molecule has 0 bridgehead atoms. The molecule has 0 aliphatic carbocycles. The van der Waals surface area contributed by atoms with Crippen molar-refractivity contribution in [2.24, 2.45) is 7.05 Å². The number of nitrogens with zero attached hydrogens (tertiary/aromatic N) is 2. The molecule has 1 aromatic carbocycles. The molecular formula is C15H19N3O3S. The van der Waals surface area contributed by atoms with E-state index in [-0.39, 0.29) is 16.3 Å². The third-order valence-corrected chi connectivity index (χ3v) is 6.09. The fraction of sp³-hybridized carbons (Fsp3) is 0.467. The number of aromatic amines is 1. The van der Waals surface area contributed by atoms with Crippen molar-refractivity contribution in [3.8, 4) is 0 Å². The van der Waals surface area contributed by atoms with Crippen LogP contribution in [-0.4, -0.2) is 48.2 Å². The Labute approximate surface area is 130 Å². The first kappa shape index (κ1) is 15.0. The number of benzene rings is 1. The molecule has 1 fully saturated rings. The van der Waals surface area contributed by atoms with E-state index in [0.29, 0.717) is 29.9 Å². The zero-order chi connectivity index (χ0) is 16.1. The summed E-state index contributed by atoms with van der Waals surface area (Å²) in [7, 11) is 0.775. The van der Waals surface area contributed by atoms with Crippen molar-refractivity contribution >= 4 is 27.7 Å². The molecule has 1 N–H and O–H groups in total. The first-order valence-corrected chi connectivity index (χ1v) is 8.48. The van der Waals surface area contributed by atoms with Crippen molar-refractivity contribution in [2.45, 2.75) is 18.6 Å². The molecule has 1 aliphatic rings. The minimum Gasteiger partial charge on any atom is -0.336 e. The summed E-state index contributed by atoms with van der Waals surface area (Å²) in [6.45, 7) is 4.81. The highest BCUT2D eigenvalue weighted by Gasteiger charge is 2.35. The van der Waals surface area contributed by atoms with Crippen molar-refractivity contribution < 1.29 is 9.00 Å². The van der Waals surface area contributed by atoms with Crippen molar-refractivity contribution in [2.75, 3.05) is 18.8 Å². The second-order valence-corrected chi connectivity index (χ2v) is 8.46. The minimum absolute atomic E-state index is 0.0867. The van der Waals surface area contributed by atoms with Crippen LogP contribution in [0.4, 0.5) is 0 Å². The van der Waals surface area contributed by atoms with Crippen LogP contribution in [0.15, 0.2) is 23.0 Å². The van der Waals surface area contributed by atoms with Gasteiger partial charge in [0.1, 0.15) is 0 Å². The average molecular weight is 321 g/mol. The lowest BCUT2D eigenvalue weighted by atomic mass is 10.1. The average Bonchev–Trinajstić information content (AvgIpc) is 2.75. The van der Waals surface area contributed by atoms with Gasteiger partial charge in [0, 0.05) is 42.3 Å². The van der Waals surface area contributed by atoms with Crippen LogP contribution in [0, 0.1) is 0 Å². The van der Waals surface area contributed by atoms with E-state index >= 15 is 0 Å². The van der Waals surface area contributed by atoms with Crippen LogP contribution in [0.1, 0.15) is 24.2 Å². The SMILES string of the molecule is Cn1c(=O)[nH]c2cc(C(=O)N3CC[S@](=O)C(C)(C)C3)ccc21. The van der Waals surface area contributed by atoms with E-state index in [0.717, 1.165) is 5.52 Å². The van der Waals surface area contributed by atoms with Gasteiger partial charge in [0.2, 0.25) is 0 Å². The van der Waals surface area contributed by atoms with E-state index in [1.54, 1.807) is 30.1 Å². The topological polar surface area (TPSA) is 75.2 Å². The van der Waals surface area contributed by atoms with Gasteiger partial charge in [-0.15, -0.1) is 0 Å². The number of nitrogens with one attached hydrogen (secondary N) is 1. The molecule has 0 spiro atoms. The van der Waals surface area contributed by atoms with Crippen LogP contribution in [0.3, 0.4) is 0 Å². The summed E-state index contributed by atoms with van der Waals surface area (Å²) in [4.78, 5) is 28.8. The molecule has 118 valence electrons. The largest absolute Gasteiger partial charge is 0.336 e. The molecule has 6 nitrogen and oxygen atoms in total. The molecule has 7 heteroatoms. The number of H-pyrrole nitrogens is 1. The molecule has 3 rings (SSSR count). The van der Waals surface area contributed by atoms with Gasteiger partial charge >= 0.3 is 5.69 Å². The second-order valence-electron chi connectivity index (χ2n) is 6.26. The lowest BCUT2D eigenvalue weighted by molar-refractivity contribution is 0.0746. The predicted octanol–water partition coefficient (Wildman–Crippen LogP) is 0.850. The van der Waals surface area contributed by atoms with E-state index < -0.39 is 10.8 Å². The summed E-state index contributed by atoms with van der Waals surface area (Å²) in [5.41, 5.74) is 1.76. The number of imidazole rings is 1. The molecule has 2 heterocycles. The van der Waals surface area contributed by atoms with Gasteiger partial charge < -0.3 is 9.88 Å². The summed E-state index contributed by atoms with van der Waals surface area (Å²) in [5.74, 6) is 0.416. The Morgan fingerprint density at radius 3 is 2.77 bits per heavy atom. The van der Waals surface area contributed by atoms with Crippen LogP contribution < -0.4 is 5.69 Å².